The number of urea groups is 1. The van der Waals surface area contributed by atoms with Gasteiger partial charge in [0.15, 0.2) is 5.13 Å². The molecule has 110 valence electrons. The Morgan fingerprint density at radius 2 is 1.86 bits per heavy atom. The summed E-state index contributed by atoms with van der Waals surface area (Å²) in [5, 5.41) is 16.2. The van der Waals surface area contributed by atoms with Crippen LogP contribution in [-0.4, -0.2) is 22.1 Å². The summed E-state index contributed by atoms with van der Waals surface area (Å²) in [7, 11) is 0. The zero-order valence-corrected chi connectivity index (χ0v) is 12.9. The number of carbonyl (C=O) groups excluding carboxylic acids is 1. The minimum absolute atomic E-state index is 0.0327. The lowest BCUT2D eigenvalue weighted by molar-refractivity contribution is 0.0697. The molecule has 0 fully saturated rings. The lowest BCUT2D eigenvalue weighted by atomic mass is 10.2. The predicted octanol–water partition coefficient (Wildman–Crippen LogP) is 4.10. The number of rotatable bonds is 3. The number of aromatic carboxylic acids is 1. The summed E-state index contributed by atoms with van der Waals surface area (Å²) < 4.78 is 0. The van der Waals surface area contributed by atoms with Crippen LogP contribution in [-0.2, 0) is 0 Å². The molecule has 0 unspecified atom stereocenters. The van der Waals surface area contributed by atoms with Gasteiger partial charge in [-0.1, -0.05) is 23.2 Å². The maximum atomic E-state index is 11.8. The molecule has 9 heteroatoms. The molecule has 0 aliphatic rings. The number of hydrogen-bond acceptors (Lipinski definition) is 4. The summed E-state index contributed by atoms with van der Waals surface area (Å²) in [5.41, 5.74) is 0.859. The monoisotopic (exact) mass is 345 g/mol. The van der Waals surface area contributed by atoms with Gasteiger partial charge in [-0.2, -0.15) is 0 Å². The zero-order valence-electron chi connectivity index (χ0n) is 10.6. The number of halogens is 2. The summed E-state index contributed by atoms with van der Waals surface area (Å²) in [5.74, 6) is -1.16. The largest absolute Gasteiger partial charge is 0.478 e. The molecule has 2 rings (SSSR count). The number of aryl methyl sites for hydroxylation is 1. The van der Waals surface area contributed by atoms with Crippen LogP contribution >= 0.6 is 34.5 Å². The molecule has 6 nitrogen and oxygen atoms in total. The van der Waals surface area contributed by atoms with E-state index in [0.29, 0.717) is 5.13 Å². The number of benzene rings is 1. The van der Waals surface area contributed by atoms with Gasteiger partial charge >= 0.3 is 12.0 Å². The van der Waals surface area contributed by atoms with Gasteiger partial charge in [-0.15, -0.1) is 11.3 Å². The molecule has 21 heavy (non-hydrogen) atoms. The second kappa shape index (κ2) is 6.30. The fraction of sp³-hybridized carbons (Fsp3) is 0.0833. The number of carboxylic acids is 1. The Balaban J connectivity index is 2.15. The number of carbonyl (C=O) groups is 2. The van der Waals surface area contributed by atoms with Gasteiger partial charge in [0.2, 0.25) is 0 Å². The Morgan fingerprint density at radius 3 is 2.33 bits per heavy atom. The van der Waals surface area contributed by atoms with Crippen LogP contribution in [0, 0.1) is 6.92 Å². The molecule has 0 radical (unpaired) electrons. The molecule has 1 heterocycles. The lowest BCUT2D eigenvalue weighted by Crippen LogP contribution is -2.20. The highest BCUT2D eigenvalue weighted by atomic mass is 35.5. The smallest absolute Gasteiger partial charge is 0.335 e. The molecule has 1 aromatic heterocycles. The van der Waals surface area contributed by atoms with Gasteiger partial charge in [0.25, 0.3) is 0 Å². The van der Waals surface area contributed by atoms with Crippen molar-refractivity contribution in [3.05, 3.63) is 38.8 Å². The average Bonchev–Trinajstić information content (AvgIpc) is 2.78. The number of nitrogens with zero attached hydrogens (tertiary/aromatic N) is 1. The van der Waals surface area contributed by atoms with Crippen molar-refractivity contribution in [2.75, 3.05) is 10.6 Å². The Kier molecular flexibility index (Phi) is 4.66. The van der Waals surface area contributed by atoms with E-state index in [9.17, 15) is 9.59 Å². The summed E-state index contributed by atoms with van der Waals surface area (Å²) in [6.45, 7) is 1.80. The van der Waals surface area contributed by atoms with Crippen molar-refractivity contribution in [3.8, 4) is 0 Å². The van der Waals surface area contributed by atoms with Crippen molar-refractivity contribution in [1.29, 1.82) is 0 Å². The number of aromatic nitrogens is 1. The minimum Gasteiger partial charge on any atom is -0.478 e. The number of anilines is 2. The van der Waals surface area contributed by atoms with Crippen molar-refractivity contribution >= 4 is 57.4 Å². The summed E-state index contributed by atoms with van der Waals surface area (Å²) in [4.78, 5) is 26.8. The number of hydrogen-bond donors (Lipinski definition) is 3. The van der Waals surface area contributed by atoms with Gasteiger partial charge in [0.1, 0.15) is 0 Å². The van der Waals surface area contributed by atoms with Crippen LogP contribution in [0.15, 0.2) is 17.5 Å². The van der Waals surface area contributed by atoms with E-state index in [-0.39, 0.29) is 21.3 Å². The Hall–Kier alpha value is -1.83. The van der Waals surface area contributed by atoms with E-state index in [1.807, 2.05) is 0 Å². The normalized spacial score (nSPS) is 10.2. The van der Waals surface area contributed by atoms with Crippen molar-refractivity contribution in [2.45, 2.75) is 6.92 Å². The summed E-state index contributed by atoms with van der Waals surface area (Å²) in [6.07, 6.45) is 0. The molecule has 0 spiro atoms. The van der Waals surface area contributed by atoms with Crippen molar-refractivity contribution in [2.24, 2.45) is 0 Å². The molecule has 2 aromatic rings. The quantitative estimate of drug-likeness (QED) is 0.780. The second-order valence-electron chi connectivity index (χ2n) is 3.99. The number of carboxylic acid groups (broad SMARTS) is 1. The van der Waals surface area contributed by atoms with Crippen LogP contribution in [0.4, 0.5) is 15.6 Å². The molecular formula is C12H9Cl2N3O3S. The minimum atomic E-state index is -1.16. The van der Waals surface area contributed by atoms with Gasteiger partial charge in [0.05, 0.1) is 27.0 Å². The van der Waals surface area contributed by atoms with Crippen molar-refractivity contribution in [1.82, 2.24) is 4.98 Å². The number of thiazole rings is 1. The van der Waals surface area contributed by atoms with Crippen molar-refractivity contribution in [3.63, 3.8) is 0 Å². The Morgan fingerprint density at radius 1 is 1.24 bits per heavy atom. The molecule has 0 aliphatic carbocycles. The fourth-order valence-corrected chi connectivity index (χ4v) is 2.73. The van der Waals surface area contributed by atoms with Crippen LogP contribution in [0.2, 0.25) is 10.0 Å². The number of amides is 2. The first-order valence-corrected chi connectivity index (χ1v) is 7.23. The van der Waals surface area contributed by atoms with E-state index in [1.54, 1.807) is 12.3 Å². The Bertz CT molecular complexity index is 695. The van der Waals surface area contributed by atoms with E-state index in [4.69, 9.17) is 28.3 Å². The third-order valence-corrected chi connectivity index (χ3v) is 3.84. The van der Waals surface area contributed by atoms with Gasteiger partial charge in [-0.3, -0.25) is 5.32 Å². The molecule has 2 amide bonds. The second-order valence-corrected chi connectivity index (χ2v) is 5.67. The van der Waals surface area contributed by atoms with Crippen LogP contribution in [0.3, 0.4) is 0 Å². The van der Waals surface area contributed by atoms with E-state index in [2.05, 4.69) is 15.6 Å². The first-order valence-electron chi connectivity index (χ1n) is 5.59. The topological polar surface area (TPSA) is 91.3 Å². The lowest BCUT2D eigenvalue weighted by Gasteiger charge is -2.10. The molecule has 0 bridgehead atoms. The highest BCUT2D eigenvalue weighted by molar-refractivity contribution is 7.13. The standard InChI is InChI=1S/C12H9Cl2N3O3S/c1-5-4-21-12(15-5)17-11(20)16-9-7(13)2-6(10(18)19)3-8(9)14/h2-4H,1H3,(H,18,19)(H2,15,16,17,20). The fourth-order valence-electron chi connectivity index (χ4n) is 1.47. The molecule has 0 aliphatic heterocycles. The average molecular weight is 346 g/mol. The molecule has 0 saturated carbocycles. The molecule has 0 saturated heterocycles. The zero-order chi connectivity index (χ0) is 15.6. The van der Waals surface area contributed by atoms with Gasteiger partial charge in [-0.25, -0.2) is 14.6 Å². The molecule has 3 N–H and O–H groups in total. The van der Waals surface area contributed by atoms with Crippen LogP contribution < -0.4 is 10.6 Å². The Labute approximate surface area is 133 Å². The third kappa shape index (κ3) is 3.84. The third-order valence-electron chi connectivity index (χ3n) is 2.37. The van der Waals surface area contributed by atoms with E-state index >= 15 is 0 Å². The molecule has 0 atom stereocenters. The van der Waals surface area contributed by atoms with Crippen LogP contribution in [0.25, 0.3) is 0 Å². The van der Waals surface area contributed by atoms with Crippen LogP contribution in [0.1, 0.15) is 16.1 Å². The van der Waals surface area contributed by atoms with E-state index in [1.165, 1.54) is 23.5 Å². The maximum absolute atomic E-state index is 11.8. The first-order chi connectivity index (χ1) is 9.86. The van der Waals surface area contributed by atoms with E-state index < -0.39 is 12.0 Å². The predicted molar refractivity (Wildman–Crippen MR) is 82.9 cm³/mol. The summed E-state index contributed by atoms with van der Waals surface area (Å²) >= 11 is 13.1. The maximum Gasteiger partial charge on any atom is 0.335 e. The van der Waals surface area contributed by atoms with Gasteiger partial charge < -0.3 is 10.4 Å². The van der Waals surface area contributed by atoms with Gasteiger partial charge in [0, 0.05) is 5.38 Å². The van der Waals surface area contributed by atoms with Gasteiger partial charge in [-0.05, 0) is 19.1 Å². The highest BCUT2D eigenvalue weighted by Gasteiger charge is 2.15. The van der Waals surface area contributed by atoms with E-state index in [0.717, 1.165) is 5.69 Å². The van der Waals surface area contributed by atoms with Crippen LogP contribution in [0.5, 0.6) is 0 Å². The summed E-state index contributed by atoms with van der Waals surface area (Å²) in [6, 6.07) is 1.84. The molecule has 1 aromatic carbocycles. The van der Waals surface area contributed by atoms with Crippen molar-refractivity contribution < 1.29 is 14.7 Å². The number of nitrogens with one attached hydrogen (secondary N) is 2. The molecular weight excluding hydrogens is 337 g/mol. The first kappa shape index (κ1) is 15.6. The highest BCUT2D eigenvalue weighted by Crippen LogP contribution is 2.32. The SMILES string of the molecule is Cc1csc(NC(=O)Nc2c(Cl)cc(C(=O)O)cc2Cl)n1.